The highest BCUT2D eigenvalue weighted by atomic mass is 16.2. The Hall–Kier alpha value is -2.82. The van der Waals surface area contributed by atoms with Crippen molar-refractivity contribution in [1.82, 2.24) is 5.32 Å². The van der Waals surface area contributed by atoms with E-state index in [2.05, 4.69) is 39.8 Å². The summed E-state index contributed by atoms with van der Waals surface area (Å²) < 4.78 is 0. The number of nitrogens with zero attached hydrogens (tertiary/aromatic N) is 1. The lowest BCUT2D eigenvalue weighted by Gasteiger charge is -2.17. The molecule has 0 bridgehead atoms. The summed E-state index contributed by atoms with van der Waals surface area (Å²) in [5.41, 5.74) is 5.13. The summed E-state index contributed by atoms with van der Waals surface area (Å²) in [5.74, 6) is -1.21. The van der Waals surface area contributed by atoms with Crippen molar-refractivity contribution in [2.24, 2.45) is 0 Å². The molecule has 2 aromatic rings. The molecule has 148 valence electrons. The van der Waals surface area contributed by atoms with E-state index < -0.39 is 11.8 Å². The largest absolute Gasteiger partial charge is 0.372 e. The second-order valence-corrected chi connectivity index (χ2v) is 7.44. The van der Waals surface area contributed by atoms with Crippen molar-refractivity contribution in [2.75, 3.05) is 29.9 Å². The lowest BCUT2D eigenvalue weighted by Crippen LogP contribution is -2.36. The van der Waals surface area contributed by atoms with Gasteiger partial charge in [0.1, 0.15) is 0 Å². The number of amides is 2. The van der Waals surface area contributed by atoms with Crippen molar-refractivity contribution < 1.29 is 9.59 Å². The molecule has 0 unspecified atom stereocenters. The Balaban J connectivity index is 1.40. The van der Waals surface area contributed by atoms with Crippen LogP contribution in [0.2, 0.25) is 0 Å². The minimum absolute atomic E-state index is 0.479. The second kappa shape index (κ2) is 9.40. The monoisotopic (exact) mass is 379 g/mol. The van der Waals surface area contributed by atoms with E-state index in [1.54, 1.807) is 0 Å². The maximum absolute atomic E-state index is 12.1. The van der Waals surface area contributed by atoms with Crippen molar-refractivity contribution in [3.05, 3.63) is 59.2 Å². The smallest absolute Gasteiger partial charge is 0.313 e. The van der Waals surface area contributed by atoms with Crippen LogP contribution in [0.4, 0.5) is 11.4 Å². The van der Waals surface area contributed by atoms with Crippen LogP contribution < -0.4 is 15.5 Å². The van der Waals surface area contributed by atoms with Crippen LogP contribution in [0.15, 0.2) is 42.5 Å². The number of carbonyl (C=O) groups excluding carboxylic acids is 2. The van der Waals surface area contributed by atoms with Gasteiger partial charge in [-0.1, -0.05) is 30.3 Å². The number of carbonyl (C=O) groups is 2. The van der Waals surface area contributed by atoms with E-state index in [4.69, 9.17) is 0 Å². The third kappa shape index (κ3) is 5.12. The van der Waals surface area contributed by atoms with Crippen LogP contribution in [-0.4, -0.2) is 31.4 Å². The number of aryl methyl sites for hydroxylation is 3. The molecule has 3 rings (SSSR count). The summed E-state index contributed by atoms with van der Waals surface area (Å²) in [4.78, 5) is 26.6. The average molecular weight is 380 g/mol. The Morgan fingerprint density at radius 3 is 2.21 bits per heavy atom. The molecule has 1 aliphatic heterocycles. The van der Waals surface area contributed by atoms with Gasteiger partial charge in [0.05, 0.1) is 0 Å². The Morgan fingerprint density at radius 2 is 1.57 bits per heavy atom. The molecule has 0 radical (unpaired) electrons. The van der Waals surface area contributed by atoms with Gasteiger partial charge >= 0.3 is 11.8 Å². The highest BCUT2D eigenvalue weighted by molar-refractivity contribution is 6.39. The number of para-hydroxylation sites is 1. The highest BCUT2D eigenvalue weighted by Gasteiger charge is 2.15. The number of rotatable bonds is 6. The molecule has 0 saturated carbocycles. The molecule has 5 heteroatoms. The van der Waals surface area contributed by atoms with Gasteiger partial charge < -0.3 is 15.5 Å². The first kappa shape index (κ1) is 19.9. The maximum Gasteiger partial charge on any atom is 0.313 e. The SMILES string of the molecule is Cc1cccc(C)c1NC(=O)C(=O)NCCCc1ccc(N2CCCC2)cc1. The summed E-state index contributed by atoms with van der Waals surface area (Å²) in [6.45, 7) is 6.60. The van der Waals surface area contributed by atoms with E-state index in [-0.39, 0.29) is 0 Å². The van der Waals surface area contributed by atoms with Gasteiger partial charge in [-0.15, -0.1) is 0 Å². The van der Waals surface area contributed by atoms with Crippen molar-refractivity contribution in [3.8, 4) is 0 Å². The van der Waals surface area contributed by atoms with E-state index >= 15 is 0 Å². The normalized spacial score (nSPS) is 13.4. The van der Waals surface area contributed by atoms with Gasteiger partial charge in [0.15, 0.2) is 0 Å². The lowest BCUT2D eigenvalue weighted by atomic mass is 10.1. The van der Waals surface area contributed by atoms with Gasteiger partial charge in [0.2, 0.25) is 0 Å². The van der Waals surface area contributed by atoms with Gasteiger partial charge in [0.25, 0.3) is 0 Å². The molecular weight excluding hydrogens is 350 g/mol. The Labute approximate surface area is 167 Å². The lowest BCUT2D eigenvalue weighted by molar-refractivity contribution is -0.136. The van der Waals surface area contributed by atoms with Crippen LogP contribution in [0.5, 0.6) is 0 Å². The fourth-order valence-corrected chi connectivity index (χ4v) is 3.61. The van der Waals surface area contributed by atoms with E-state index in [9.17, 15) is 9.59 Å². The number of hydrogen-bond donors (Lipinski definition) is 2. The summed E-state index contributed by atoms with van der Waals surface area (Å²) in [7, 11) is 0. The van der Waals surface area contributed by atoms with Crippen LogP contribution in [-0.2, 0) is 16.0 Å². The van der Waals surface area contributed by atoms with Crippen molar-refractivity contribution in [2.45, 2.75) is 39.5 Å². The fraction of sp³-hybridized carbons (Fsp3) is 0.391. The van der Waals surface area contributed by atoms with Gasteiger partial charge in [-0.3, -0.25) is 9.59 Å². The third-order valence-electron chi connectivity index (χ3n) is 5.26. The minimum atomic E-state index is -0.618. The molecule has 2 amide bonds. The van der Waals surface area contributed by atoms with E-state index in [1.165, 1.54) is 24.1 Å². The molecule has 2 N–H and O–H groups in total. The molecule has 0 spiro atoms. The summed E-state index contributed by atoms with van der Waals surface area (Å²) in [6.07, 6.45) is 4.22. The Morgan fingerprint density at radius 1 is 0.929 bits per heavy atom. The standard InChI is InChI=1S/C23H29N3O2/c1-17-7-5-8-18(2)21(17)25-23(28)22(27)24-14-6-9-19-10-12-20(13-11-19)26-15-3-4-16-26/h5,7-8,10-13H,3-4,6,9,14-16H2,1-2H3,(H,24,27)(H,25,28). The van der Waals surface area contributed by atoms with Crippen molar-refractivity contribution >= 4 is 23.2 Å². The molecule has 1 heterocycles. The second-order valence-electron chi connectivity index (χ2n) is 7.44. The van der Waals surface area contributed by atoms with E-state index in [0.29, 0.717) is 12.2 Å². The topological polar surface area (TPSA) is 61.4 Å². The average Bonchev–Trinajstić information content (AvgIpc) is 3.23. The molecule has 1 fully saturated rings. The van der Waals surface area contributed by atoms with Gasteiger partial charge in [-0.05, 0) is 68.4 Å². The van der Waals surface area contributed by atoms with Crippen LogP contribution in [0.1, 0.15) is 36.0 Å². The molecule has 28 heavy (non-hydrogen) atoms. The molecule has 1 aliphatic rings. The maximum atomic E-state index is 12.1. The Kier molecular flexibility index (Phi) is 6.69. The number of anilines is 2. The minimum Gasteiger partial charge on any atom is -0.372 e. The van der Waals surface area contributed by atoms with Crippen molar-refractivity contribution in [1.29, 1.82) is 0 Å². The van der Waals surface area contributed by atoms with Crippen LogP contribution in [0, 0.1) is 13.8 Å². The first-order chi connectivity index (χ1) is 13.5. The van der Waals surface area contributed by atoms with Crippen LogP contribution in [0.3, 0.4) is 0 Å². The molecule has 2 aromatic carbocycles. The fourth-order valence-electron chi connectivity index (χ4n) is 3.61. The molecule has 1 saturated heterocycles. The molecule has 0 aliphatic carbocycles. The molecule has 5 nitrogen and oxygen atoms in total. The summed E-state index contributed by atoms with van der Waals surface area (Å²) >= 11 is 0. The summed E-state index contributed by atoms with van der Waals surface area (Å²) in [6, 6.07) is 14.4. The predicted molar refractivity (Wildman–Crippen MR) is 114 cm³/mol. The summed E-state index contributed by atoms with van der Waals surface area (Å²) in [5, 5.41) is 5.42. The number of nitrogens with one attached hydrogen (secondary N) is 2. The van der Waals surface area contributed by atoms with Crippen LogP contribution >= 0.6 is 0 Å². The van der Waals surface area contributed by atoms with Crippen molar-refractivity contribution in [3.63, 3.8) is 0 Å². The first-order valence-electron chi connectivity index (χ1n) is 10.0. The third-order valence-corrected chi connectivity index (χ3v) is 5.26. The molecular formula is C23H29N3O2. The van der Waals surface area contributed by atoms with E-state index in [0.717, 1.165) is 37.1 Å². The van der Waals surface area contributed by atoms with Gasteiger partial charge in [0, 0.05) is 31.0 Å². The quantitative estimate of drug-likeness (QED) is 0.596. The Bertz CT molecular complexity index is 804. The molecule has 0 aromatic heterocycles. The first-order valence-corrected chi connectivity index (χ1v) is 10.0. The van der Waals surface area contributed by atoms with Gasteiger partial charge in [-0.25, -0.2) is 0 Å². The van der Waals surface area contributed by atoms with Gasteiger partial charge in [-0.2, -0.15) is 0 Å². The predicted octanol–water partition coefficient (Wildman–Crippen LogP) is 3.59. The zero-order valence-corrected chi connectivity index (χ0v) is 16.8. The highest BCUT2D eigenvalue weighted by Crippen LogP contribution is 2.21. The molecule has 0 atom stereocenters. The zero-order chi connectivity index (χ0) is 19.9. The van der Waals surface area contributed by atoms with Crippen LogP contribution in [0.25, 0.3) is 0 Å². The van der Waals surface area contributed by atoms with E-state index in [1.807, 2.05) is 32.0 Å². The number of hydrogen-bond acceptors (Lipinski definition) is 3. The zero-order valence-electron chi connectivity index (χ0n) is 16.8. The number of benzene rings is 2.